The lowest BCUT2D eigenvalue weighted by Crippen LogP contribution is -2.69. The number of aliphatic hydroxyl groups excluding tert-OH is 2. The highest BCUT2D eigenvalue weighted by Gasteiger charge is 2.75. The first-order chi connectivity index (χ1) is 35.4. The van der Waals surface area contributed by atoms with E-state index in [-0.39, 0.29) is 133 Å². The summed E-state index contributed by atoms with van der Waals surface area (Å²) < 4.78 is 48.7. The number of alkyl halides is 1. The quantitative estimate of drug-likeness (QED) is 0.0711. The highest BCUT2D eigenvalue weighted by atomic mass is 19.1. The summed E-state index contributed by atoms with van der Waals surface area (Å²) in [5.41, 5.74) is -7.75. The molecule has 0 saturated heterocycles. The number of aliphatic hydroxyl groups is 4. The zero-order valence-corrected chi connectivity index (χ0v) is 43.7. The Hall–Kier alpha value is -4.53. The summed E-state index contributed by atoms with van der Waals surface area (Å²) in [6, 6.07) is 0. The van der Waals surface area contributed by atoms with E-state index in [1.807, 2.05) is 19.9 Å². The number of carbonyl (C=O) groups is 8. The van der Waals surface area contributed by atoms with E-state index in [1.54, 1.807) is 26.0 Å². The molecule has 5 unspecified atom stereocenters. The van der Waals surface area contributed by atoms with Crippen molar-refractivity contribution < 1.29 is 91.6 Å². The van der Waals surface area contributed by atoms with Crippen molar-refractivity contribution in [2.75, 3.05) is 52.9 Å². The normalized spacial score (nSPS) is 39.3. The first kappa shape index (κ1) is 56.7. The summed E-state index contributed by atoms with van der Waals surface area (Å²) in [6.45, 7) is 5.97. The fraction of sp³-hybridized carbons (Fsp3) is 0.750. The van der Waals surface area contributed by atoms with Crippen LogP contribution in [0.4, 0.5) is 4.39 Å². The van der Waals surface area contributed by atoms with Crippen molar-refractivity contribution in [3.63, 3.8) is 0 Å². The molecule has 8 aliphatic rings. The van der Waals surface area contributed by atoms with Gasteiger partial charge in [-0.05, 0) is 107 Å². The van der Waals surface area contributed by atoms with Gasteiger partial charge in [-0.3, -0.25) is 38.4 Å². The number of fused-ring (bicyclic) bond motifs is 10. The fourth-order valence-electron chi connectivity index (χ4n) is 15.8. The van der Waals surface area contributed by atoms with E-state index in [0.29, 0.717) is 37.7 Å². The lowest BCUT2D eigenvalue weighted by molar-refractivity contribution is -0.227. The summed E-state index contributed by atoms with van der Waals surface area (Å²) in [7, 11) is 0. The van der Waals surface area contributed by atoms with Crippen LogP contribution in [0, 0.1) is 51.2 Å². The van der Waals surface area contributed by atoms with Crippen molar-refractivity contribution in [1.29, 1.82) is 0 Å². The van der Waals surface area contributed by atoms with Crippen molar-refractivity contribution in [3.8, 4) is 0 Å². The Balaban J connectivity index is 0.642. The molecule has 414 valence electrons. The monoisotopic (exact) mass is 1050 g/mol. The van der Waals surface area contributed by atoms with Gasteiger partial charge in [-0.15, -0.1) is 0 Å². The van der Waals surface area contributed by atoms with Crippen LogP contribution in [0.1, 0.15) is 130 Å². The molecule has 75 heavy (non-hydrogen) atoms. The third-order valence-electron chi connectivity index (χ3n) is 19.9. The molecule has 6 fully saturated rings. The highest BCUT2D eigenvalue weighted by molar-refractivity contribution is 6.01. The predicted molar refractivity (Wildman–Crippen MR) is 260 cm³/mol. The molecule has 18 nitrogen and oxygen atoms in total. The third-order valence-corrected chi connectivity index (χ3v) is 19.9. The molecule has 6 saturated carbocycles. The van der Waals surface area contributed by atoms with E-state index in [9.17, 15) is 58.8 Å². The smallest absolute Gasteiger partial charge is 0.306 e. The van der Waals surface area contributed by atoms with Gasteiger partial charge in [0.05, 0.1) is 64.3 Å². The number of allylic oxidation sites excluding steroid dienone is 5. The molecule has 0 heterocycles. The van der Waals surface area contributed by atoms with Crippen molar-refractivity contribution in [1.82, 2.24) is 0 Å². The Morgan fingerprint density at radius 2 is 1.11 bits per heavy atom. The van der Waals surface area contributed by atoms with Crippen molar-refractivity contribution >= 4 is 47.0 Å². The van der Waals surface area contributed by atoms with Crippen LogP contribution < -0.4 is 0 Å². The van der Waals surface area contributed by atoms with Crippen molar-refractivity contribution in [2.45, 2.75) is 160 Å². The number of esters is 4. The van der Waals surface area contributed by atoms with Gasteiger partial charge in [0.15, 0.2) is 24.8 Å². The number of Topliss-reactive ketones (excluding diaryl/α,β-unsaturated/α-hetero) is 2. The van der Waals surface area contributed by atoms with Gasteiger partial charge < -0.3 is 48.8 Å². The Morgan fingerprint density at radius 3 is 1.68 bits per heavy atom. The summed E-state index contributed by atoms with van der Waals surface area (Å²) in [5.74, 6) is -5.85. The molecular weight excluding hydrogens is 980 g/mol. The van der Waals surface area contributed by atoms with Crippen LogP contribution in [0.15, 0.2) is 35.5 Å². The van der Waals surface area contributed by atoms with Crippen LogP contribution in [0.3, 0.4) is 0 Å². The highest BCUT2D eigenvalue weighted by Crippen LogP contribution is 2.71. The summed E-state index contributed by atoms with van der Waals surface area (Å²) >= 11 is 0. The van der Waals surface area contributed by atoms with Gasteiger partial charge in [-0.25, -0.2) is 4.39 Å². The Bertz CT molecular complexity index is 2400. The van der Waals surface area contributed by atoms with Gasteiger partial charge in [0, 0.05) is 39.9 Å². The Labute approximate surface area is 436 Å². The molecule has 8 aliphatic carbocycles. The van der Waals surface area contributed by atoms with E-state index < -0.39 is 111 Å². The van der Waals surface area contributed by atoms with Gasteiger partial charge in [0.25, 0.3) is 0 Å². The number of hydrogen-bond acceptors (Lipinski definition) is 18. The molecule has 0 aromatic rings. The van der Waals surface area contributed by atoms with Crippen LogP contribution in [-0.4, -0.2) is 149 Å². The van der Waals surface area contributed by atoms with Crippen LogP contribution >= 0.6 is 0 Å². The first-order valence-corrected chi connectivity index (χ1v) is 26.9. The second-order valence-corrected chi connectivity index (χ2v) is 23.5. The lowest BCUT2D eigenvalue weighted by atomic mass is 9.44. The van der Waals surface area contributed by atoms with Crippen molar-refractivity contribution in [3.05, 3.63) is 35.5 Å². The largest absolute Gasteiger partial charge is 0.463 e. The van der Waals surface area contributed by atoms with Gasteiger partial charge >= 0.3 is 23.9 Å². The third kappa shape index (κ3) is 10.0. The molecule has 8 rings (SSSR count). The van der Waals surface area contributed by atoms with Crippen LogP contribution in [0.25, 0.3) is 0 Å². The average Bonchev–Trinajstić information content (AvgIpc) is 3.83. The van der Waals surface area contributed by atoms with E-state index >= 15 is 4.39 Å². The number of carbonyl (C=O) groups excluding carboxylic acids is 8. The maximum Gasteiger partial charge on any atom is 0.306 e. The second-order valence-electron chi connectivity index (χ2n) is 23.5. The minimum absolute atomic E-state index is 0.0165. The van der Waals surface area contributed by atoms with E-state index in [1.165, 1.54) is 6.08 Å². The molecular formula is C56H75FO18. The average molecular weight is 1060 g/mol. The predicted octanol–water partition coefficient (Wildman–Crippen LogP) is 4.23. The SMILES string of the molecule is C[C@]12C=CC(=O)C=C1CCC1C2[C@@H](O)C[C@@]2(C)C1CC[C@]2(O)C(=O)COC(=O)CCC(=O)OCCOCCOCCOC(=O)CCC(=O)OCC(=O)[C@@]1(O)CCC2C3CCC4=CC(=O)CC[C@]4(C)[C@@]3(F)[C@@H](O)C[C@@]21C. The van der Waals surface area contributed by atoms with Crippen molar-refractivity contribution in [2.24, 2.45) is 51.2 Å². The molecule has 0 aromatic heterocycles. The minimum Gasteiger partial charge on any atom is -0.463 e. The topological polar surface area (TPSA) is 273 Å². The minimum atomic E-state index is -2.03. The molecule has 0 bridgehead atoms. The summed E-state index contributed by atoms with van der Waals surface area (Å²) in [5, 5.41) is 46.9. The maximum absolute atomic E-state index is 17.4. The number of hydrogen-bond donors (Lipinski definition) is 4. The molecule has 0 radical (unpaired) electrons. The molecule has 4 N–H and O–H groups in total. The first-order valence-electron chi connectivity index (χ1n) is 26.9. The van der Waals surface area contributed by atoms with E-state index in [2.05, 4.69) is 0 Å². The van der Waals surface area contributed by atoms with E-state index in [4.69, 9.17) is 28.4 Å². The van der Waals surface area contributed by atoms with Crippen LogP contribution in [0.2, 0.25) is 0 Å². The number of ether oxygens (including phenoxy) is 6. The fourth-order valence-corrected chi connectivity index (χ4v) is 15.8. The van der Waals surface area contributed by atoms with Gasteiger partial charge in [0.1, 0.15) is 30.1 Å². The summed E-state index contributed by atoms with van der Waals surface area (Å²) in [6.07, 6.45) is 6.81. The van der Waals surface area contributed by atoms with Gasteiger partial charge in [-0.2, -0.15) is 0 Å². The van der Waals surface area contributed by atoms with E-state index in [0.717, 1.165) is 12.0 Å². The molecule has 14 atom stereocenters. The zero-order valence-electron chi connectivity index (χ0n) is 43.7. The number of rotatable bonds is 21. The van der Waals surface area contributed by atoms with Crippen LogP contribution in [-0.2, 0) is 66.8 Å². The zero-order chi connectivity index (χ0) is 54.4. The van der Waals surface area contributed by atoms with Gasteiger partial charge in [0.2, 0.25) is 11.6 Å². The number of halogens is 1. The second kappa shape index (κ2) is 21.7. The Kier molecular flexibility index (Phi) is 16.4. The molecule has 0 amide bonds. The van der Waals surface area contributed by atoms with Gasteiger partial charge in [-0.1, -0.05) is 44.9 Å². The molecule has 0 aliphatic heterocycles. The summed E-state index contributed by atoms with van der Waals surface area (Å²) in [4.78, 5) is 101. The molecule has 0 aromatic carbocycles. The molecule has 19 heteroatoms. The molecule has 0 spiro atoms. The Morgan fingerprint density at radius 1 is 0.600 bits per heavy atom. The lowest BCUT2D eigenvalue weighted by Gasteiger charge is -2.63. The maximum atomic E-state index is 17.4. The standard InChI is InChI=1S/C56H75FO18/c1-50-17-13-35(58)27-33(50)5-7-37-38-15-19-54(68,52(38,3)29-41(60)49(37)50)43(62)31-74-47(66)11-9-45(64)72-25-23-70-21-22-71-24-26-73-46(65)10-12-48(67)75-32-44(63)55(69)20-16-39-40-8-6-34-28-36(59)14-18-51(34,2)56(40,57)42(61)30-53(39,55)4/h13,17,27-28,37-42,49,60-61,68-69H,5-12,14-16,18-26,29-32H2,1-4H3/t37?,38?,39?,40?,41-,42-,49?,50-,51-,52-,53-,54-,55-,56-/m0/s1. The number of ketones is 4. The van der Waals surface area contributed by atoms with Crippen LogP contribution in [0.5, 0.6) is 0 Å².